The van der Waals surface area contributed by atoms with Crippen LogP contribution in [0.2, 0.25) is 5.02 Å². The number of carboxylic acid groups (broad SMARTS) is 1. The van der Waals surface area contributed by atoms with Crippen molar-refractivity contribution >= 4 is 17.6 Å². The Morgan fingerprint density at radius 1 is 1.42 bits per heavy atom. The molecule has 0 fully saturated rings. The molecule has 4 nitrogen and oxygen atoms in total. The van der Waals surface area contributed by atoms with Gasteiger partial charge in [-0.2, -0.15) is 0 Å². The third-order valence-electron chi connectivity index (χ3n) is 2.67. The number of carboxylic acids is 1. The molecule has 0 aliphatic rings. The second-order valence-corrected chi connectivity index (χ2v) is 4.64. The van der Waals surface area contributed by atoms with Gasteiger partial charge < -0.3 is 14.4 Å². The van der Waals surface area contributed by atoms with E-state index in [0.717, 1.165) is 11.3 Å². The molecule has 0 bridgehead atoms. The summed E-state index contributed by atoms with van der Waals surface area (Å²) in [5.41, 5.74) is 1.28. The number of hydrogen-bond acceptors (Lipinski definition) is 2. The number of nitrogens with zero attached hydrogens (tertiary/aromatic N) is 1. The molecular formula is C14H14ClNO3. The molecule has 0 atom stereocenters. The number of rotatable bonds is 5. The molecule has 0 saturated heterocycles. The molecular weight excluding hydrogens is 266 g/mol. The average molecular weight is 280 g/mol. The highest BCUT2D eigenvalue weighted by Crippen LogP contribution is 2.15. The van der Waals surface area contributed by atoms with Crippen LogP contribution in [0.25, 0.3) is 0 Å². The molecule has 19 heavy (non-hydrogen) atoms. The minimum absolute atomic E-state index is 0.165. The fourth-order valence-corrected chi connectivity index (χ4v) is 2.03. The first-order valence-corrected chi connectivity index (χ1v) is 6.22. The number of benzene rings is 1. The van der Waals surface area contributed by atoms with Crippen LogP contribution < -0.4 is 4.74 Å². The van der Waals surface area contributed by atoms with Crippen LogP contribution in [0.1, 0.15) is 16.1 Å². The first-order chi connectivity index (χ1) is 9.06. The molecule has 2 rings (SSSR count). The van der Waals surface area contributed by atoms with E-state index in [-0.39, 0.29) is 5.69 Å². The number of ether oxygens (including phenoxy) is 1. The third-order valence-corrected chi connectivity index (χ3v) is 2.88. The van der Waals surface area contributed by atoms with Gasteiger partial charge in [0.15, 0.2) is 0 Å². The Morgan fingerprint density at radius 2 is 2.21 bits per heavy atom. The van der Waals surface area contributed by atoms with Crippen molar-refractivity contribution in [3.63, 3.8) is 0 Å². The molecule has 0 aliphatic heterocycles. The molecule has 0 amide bonds. The van der Waals surface area contributed by atoms with Gasteiger partial charge in [-0.25, -0.2) is 4.79 Å². The lowest BCUT2D eigenvalue weighted by molar-refractivity contribution is 0.0684. The third kappa shape index (κ3) is 3.51. The summed E-state index contributed by atoms with van der Waals surface area (Å²) in [7, 11) is 0. The molecule has 1 aromatic carbocycles. The Balaban J connectivity index is 1.98. The summed E-state index contributed by atoms with van der Waals surface area (Å²) in [6, 6.07) is 9.13. The smallest absolute Gasteiger partial charge is 0.352 e. The molecule has 0 spiro atoms. The number of hydrogen-bond donors (Lipinski definition) is 1. The molecule has 1 aromatic heterocycles. The van der Waals surface area contributed by atoms with Crippen LogP contribution in [0.3, 0.4) is 0 Å². The fourth-order valence-electron chi connectivity index (χ4n) is 1.81. The summed E-state index contributed by atoms with van der Waals surface area (Å²) in [5, 5.41) is 9.42. The summed E-state index contributed by atoms with van der Waals surface area (Å²) >= 11 is 5.80. The van der Waals surface area contributed by atoms with Crippen molar-refractivity contribution in [2.24, 2.45) is 0 Å². The molecule has 0 radical (unpaired) electrons. The highest BCUT2D eigenvalue weighted by Gasteiger charge is 2.11. The van der Waals surface area contributed by atoms with E-state index in [4.69, 9.17) is 21.4 Å². The zero-order valence-electron chi connectivity index (χ0n) is 10.5. The molecule has 1 heterocycles. The van der Waals surface area contributed by atoms with Gasteiger partial charge in [0.2, 0.25) is 0 Å². The van der Waals surface area contributed by atoms with Crippen LogP contribution in [-0.4, -0.2) is 22.2 Å². The normalized spacial score (nSPS) is 10.4. The largest absolute Gasteiger partial charge is 0.492 e. The quantitative estimate of drug-likeness (QED) is 0.914. The summed E-state index contributed by atoms with van der Waals surface area (Å²) in [6.07, 6.45) is 1.59. The maximum atomic E-state index is 11.0. The Labute approximate surface area is 116 Å². The molecule has 0 aliphatic carbocycles. The molecule has 0 unspecified atom stereocenters. The van der Waals surface area contributed by atoms with Crippen molar-refractivity contribution in [3.8, 4) is 5.75 Å². The van der Waals surface area contributed by atoms with E-state index in [1.807, 2.05) is 31.2 Å². The van der Waals surface area contributed by atoms with Gasteiger partial charge in [-0.1, -0.05) is 23.7 Å². The van der Waals surface area contributed by atoms with Crippen molar-refractivity contribution in [1.82, 2.24) is 4.57 Å². The van der Waals surface area contributed by atoms with E-state index in [9.17, 15) is 4.79 Å². The van der Waals surface area contributed by atoms with Gasteiger partial charge in [0.1, 0.15) is 18.1 Å². The number of aromatic carboxylic acids is 1. The van der Waals surface area contributed by atoms with Crippen molar-refractivity contribution < 1.29 is 14.6 Å². The second kappa shape index (κ2) is 5.80. The van der Waals surface area contributed by atoms with Crippen molar-refractivity contribution in [3.05, 3.63) is 52.8 Å². The zero-order valence-corrected chi connectivity index (χ0v) is 11.2. The maximum Gasteiger partial charge on any atom is 0.352 e. The van der Waals surface area contributed by atoms with Crippen LogP contribution in [0.4, 0.5) is 0 Å². The molecule has 2 aromatic rings. The van der Waals surface area contributed by atoms with Gasteiger partial charge in [-0.15, -0.1) is 0 Å². The number of aromatic nitrogens is 1. The fraction of sp³-hybridized carbons (Fsp3) is 0.214. The lowest BCUT2D eigenvalue weighted by Gasteiger charge is -2.09. The number of carbonyl (C=O) groups is 1. The lowest BCUT2D eigenvalue weighted by atomic mass is 10.2. The van der Waals surface area contributed by atoms with Gasteiger partial charge in [0.25, 0.3) is 0 Å². The van der Waals surface area contributed by atoms with E-state index in [0.29, 0.717) is 18.2 Å². The Bertz CT molecular complexity index is 592. The highest BCUT2D eigenvalue weighted by atomic mass is 35.5. The summed E-state index contributed by atoms with van der Waals surface area (Å²) < 4.78 is 7.15. The lowest BCUT2D eigenvalue weighted by Crippen LogP contribution is -2.12. The van der Waals surface area contributed by atoms with E-state index >= 15 is 0 Å². The van der Waals surface area contributed by atoms with Crippen LogP contribution in [0.15, 0.2) is 36.5 Å². The summed E-state index contributed by atoms with van der Waals surface area (Å²) in [5.74, 6) is -0.224. The van der Waals surface area contributed by atoms with Crippen molar-refractivity contribution in [1.29, 1.82) is 0 Å². The van der Waals surface area contributed by atoms with Gasteiger partial charge in [0, 0.05) is 6.20 Å². The first kappa shape index (κ1) is 13.5. The monoisotopic (exact) mass is 279 g/mol. The van der Waals surface area contributed by atoms with E-state index in [1.54, 1.807) is 10.8 Å². The SMILES string of the molecule is Cc1cccc(OCCn2cc(Cl)cc2C(=O)O)c1. The Kier molecular flexibility index (Phi) is 4.12. The van der Waals surface area contributed by atoms with Crippen LogP contribution in [-0.2, 0) is 6.54 Å². The van der Waals surface area contributed by atoms with Crippen LogP contribution in [0, 0.1) is 6.92 Å². The number of halogens is 1. The second-order valence-electron chi connectivity index (χ2n) is 4.21. The van der Waals surface area contributed by atoms with E-state index in [1.165, 1.54) is 6.07 Å². The first-order valence-electron chi connectivity index (χ1n) is 5.84. The molecule has 5 heteroatoms. The molecule has 100 valence electrons. The average Bonchev–Trinajstić information content (AvgIpc) is 2.71. The molecule has 1 N–H and O–H groups in total. The van der Waals surface area contributed by atoms with Crippen LogP contribution >= 0.6 is 11.6 Å². The number of aryl methyl sites for hydroxylation is 1. The van der Waals surface area contributed by atoms with Gasteiger partial charge in [-0.05, 0) is 30.7 Å². The highest BCUT2D eigenvalue weighted by molar-refractivity contribution is 6.30. The van der Waals surface area contributed by atoms with Gasteiger partial charge in [-0.3, -0.25) is 0 Å². The van der Waals surface area contributed by atoms with Crippen molar-refractivity contribution in [2.45, 2.75) is 13.5 Å². The zero-order chi connectivity index (χ0) is 13.8. The topological polar surface area (TPSA) is 51.5 Å². The van der Waals surface area contributed by atoms with Gasteiger partial charge >= 0.3 is 5.97 Å². The summed E-state index contributed by atoms with van der Waals surface area (Å²) in [6.45, 7) is 2.80. The predicted octanol–water partition coefficient (Wildman–Crippen LogP) is 3.23. The molecule has 0 saturated carbocycles. The Morgan fingerprint density at radius 3 is 2.89 bits per heavy atom. The minimum Gasteiger partial charge on any atom is -0.492 e. The van der Waals surface area contributed by atoms with E-state index in [2.05, 4.69) is 0 Å². The summed E-state index contributed by atoms with van der Waals surface area (Å²) in [4.78, 5) is 11.0. The maximum absolute atomic E-state index is 11.0. The Hall–Kier alpha value is -1.94. The van der Waals surface area contributed by atoms with E-state index < -0.39 is 5.97 Å². The predicted molar refractivity (Wildman–Crippen MR) is 73.1 cm³/mol. The minimum atomic E-state index is -0.998. The standard InChI is InChI=1S/C14H14ClNO3/c1-10-3-2-4-12(7-10)19-6-5-16-9-11(15)8-13(16)14(17)18/h2-4,7-9H,5-6H2,1H3,(H,17,18). The van der Waals surface area contributed by atoms with Gasteiger partial charge in [0.05, 0.1) is 11.6 Å². The van der Waals surface area contributed by atoms with Crippen LogP contribution in [0.5, 0.6) is 5.75 Å². The van der Waals surface area contributed by atoms with Crippen molar-refractivity contribution in [2.75, 3.05) is 6.61 Å².